The first-order chi connectivity index (χ1) is 9.78. The Morgan fingerprint density at radius 1 is 1.35 bits per heavy atom. The van der Waals surface area contributed by atoms with Crippen molar-refractivity contribution in [3.05, 3.63) is 30.1 Å². The van der Waals surface area contributed by atoms with Gasteiger partial charge >= 0.3 is 6.03 Å². The summed E-state index contributed by atoms with van der Waals surface area (Å²) in [6, 6.07) is 4.05. The number of hydrogen-bond acceptors (Lipinski definition) is 3. The fourth-order valence-corrected chi connectivity index (χ4v) is 2.59. The SMILES string of the molecule is O=C(NCCc1cccnc1)NC1CCC(CO)CC1. The topological polar surface area (TPSA) is 74.2 Å². The van der Waals surface area contributed by atoms with Crippen LogP contribution in [0.15, 0.2) is 24.5 Å². The van der Waals surface area contributed by atoms with Crippen LogP contribution in [-0.2, 0) is 6.42 Å². The second-order valence-corrected chi connectivity index (χ2v) is 5.41. The summed E-state index contributed by atoms with van der Waals surface area (Å²) in [6.45, 7) is 0.882. The average Bonchev–Trinajstić information content (AvgIpc) is 2.49. The van der Waals surface area contributed by atoms with Crippen LogP contribution in [0.3, 0.4) is 0 Å². The fourth-order valence-electron chi connectivity index (χ4n) is 2.59. The predicted molar refractivity (Wildman–Crippen MR) is 77.3 cm³/mol. The minimum absolute atomic E-state index is 0.0960. The summed E-state index contributed by atoms with van der Waals surface area (Å²) in [5.41, 5.74) is 1.12. The highest BCUT2D eigenvalue weighted by molar-refractivity contribution is 5.74. The van der Waals surface area contributed by atoms with Crippen LogP contribution in [0.1, 0.15) is 31.2 Å². The van der Waals surface area contributed by atoms with E-state index in [-0.39, 0.29) is 18.7 Å². The lowest BCUT2D eigenvalue weighted by molar-refractivity contribution is 0.174. The number of amides is 2. The van der Waals surface area contributed by atoms with E-state index in [0.717, 1.165) is 37.7 Å². The maximum Gasteiger partial charge on any atom is 0.315 e. The van der Waals surface area contributed by atoms with Gasteiger partial charge in [-0.3, -0.25) is 4.98 Å². The lowest BCUT2D eigenvalue weighted by Gasteiger charge is -2.27. The zero-order valence-corrected chi connectivity index (χ0v) is 11.7. The number of rotatable bonds is 5. The molecule has 0 aliphatic heterocycles. The summed E-state index contributed by atoms with van der Waals surface area (Å²) in [5.74, 6) is 0.418. The molecule has 0 spiro atoms. The van der Waals surface area contributed by atoms with E-state index in [1.54, 1.807) is 6.20 Å². The van der Waals surface area contributed by atoms with Gasteiger partial charge in [-0.15, -0.1) is 0 Å². The van der Waals surface area contributed by atoms with Gasteiger partial charge in [0.05, 0.1) is 0 Å². The third-order valence-electron chi connectivity index (χ3n) is 3.86. The number of aromatic nitrogens is 1. The lowest BCUT2D eigenvalue weighted by atomic mass is 9.87. The van der Waals surface area contributed by atoms with Gasteiger partial charge in [0.25, 0.3) is 0 Å². The van der Waals surface area contributed by atoms with E-state index in [4.69, 9.17) is 5.11 Å². The standard InChI is InChI=1S/C15H23N3O2/c19-11-13-3-5-14(6-4-13)18-15(20)17-9-7-12-2-1-8-16-10-12/h1-2,8,10,13-14,19H,3-7,9,11H2,(H2,17,18,20). The number of urea groups is 1. The molecule has 3 N–H and O–H groups in total. The maximum absolute atomic E-state index is 11.8. The molecule has 0 atom stereocenters. The molecule has 110 valence electrons. The van der Waals surface area contributed by atoms with Crippen LogP contribution >= 0.6 is 0 Å². The van der Waals surface area contributed by atoms with Crippen LogP contribution in [0, 0.1) is 5.92 Å². The van der Waals surface area contributed by atoms with Crippen LogP contribution < -0.4 is 10.6 Å². The van der Waals surface area contributed by atoms with E-state index in [0.29, 0.717) is 12.5 Å². The molecule has 1 saturated carbocycles. The molecular formula is C15H23N3O2. The van der Waals surface area contributed by atoms with Crippen molar-refractivity contribution in [2.45, 2.75) is 38.1 Å². The molecule has 1 aliphatic rings. The van der Waals surface area contributed by atoms with Crippen molar-refractivity contribution in [1.29, 1.82) is 0 Å². The largest absolute Gasteiger partial charge is 0.396 e. The Labute approximate surface area is 119 Å². The number of aliphatic hydroxyl groups excluding tert-OH is 1. The van der Waals surface area contributed by atoms with E-state index in [1.807, 2.05) is 18.3 Å². The normalized spacial score (nSPS) is 22.2. The molecule has 5 nitrogen and oxygen atoms in total. The first-order valence-corrected chi connectivity index (χ1v) is 7.32. The summed E-state index contributed by atoms with van der Waals surface area (Å²) in [5, 5.41) is 15.0. The van der Waals surface area contributed by atoms with Crippen molar-refractivity contribution >= 4 is 6.03 Å². The second kappa shape index (κ2) is 7.85. The van der Waals surface area contributed by atoms with Crippen molar-refractivity contribution < 1.29 is 9.90 Å². The van der Waals surface area contributed by atoms with Gasteiger partial charge in [0.15, 0.2) is 0 Å². The van der Waals surface area contributed by atoms with Gasteiger partial charge in [-0.05, 0) is 49.7 Å². The highest BCUT2D eigenvalue weighted by Gasteiger charge is 2.21. The Balaban J connectivity index is 1.61. The minimum Gasteiger partial charge on any atom is -0.396 e. The molecule has 1 fully saturated rings. The Morgan fingerprint density at radius 3 is 2.80 bits per heavy atom. The summed E-state index contributed by atoms with van der Waals surface area (Å²) in [4.78, 5) is 15.8. The zero-order valence-electron chi connectivity index (χ0n) is 11.7. The Bertz CT molecular complexity index is 403. The molecule has 5 heteroatoms. The molecule has 0 saturated heterocycles. The number of aliphatic hydroxyl groups is 1. The molecular weight excluding hydrogens is 254 g/mol. The van der Waals surface area contributed by atoms with Gasteiger partial charge in [0.2, 0.25) is 0 Å². The third-order valence-corrected chi connectivity index (χ3v) is 3.86. The maximum atomic E-state index is 11.8. The van der Waals surface area contributed by atoms with Gasteiger partial charge < -0.3 is 15.7 Å². The number of pyridine rings is 1. The van der Waals surface area contributed by atoms with Gasteiger partial charge in [-0.25, -0.2) is 4.79 Å². The zero-order chi connectivity index (χ0) is 14.2. The van der Waals surface area contributed by atoms with Gasteiger partial charge in [0, 0.05) is 31.6 Å². The third kappa shape index (κ3) is 4.81. The fraction of sp³-hybridized carbons (Fsp3) is 0.600. The Morgan fingerprint density at radius 2 is 2.15 bits per heavy atom. The van der Waals surface area contributed by atoms with Crippen molar-refractivity contribution in [2.24, 2.45) is 5.92 Å². The van der Waals surface area contributed by atoms with Gasteiger partial charge in [-0.1, -0.05) is 6.07 Å². The molecule has 0 aromatic carbocycles. The minimum atomic E-state index is -0.0960. The smallest absolute Gasteiger partial charge is 0.315 e. The van der Waals surface area contributed by atoms with Crippen LogP contribution in [-0.4, -0.2) is 35.3 Å². The number of carbonyl (C=O) groups excluding carboxylic acids is 1. The molecule has 1 heterocycles. The highest BCUT2D eigenvalue weighted by Crippen LogP contribution is 2.23. The monoisotopic (exact) mass is 277 g/mol. The van der Waals surface area contributed by atoms with E-state index >= 15 is 0 Å². The summed E-state index contributed by atoms with van der Waals surface area (Å²) in [6.07, 6.45) is 8.26. The first-order valence-electron chi connectivity index (χ1n) is 7.32. The van der Waals surface area contributed by atoms with Gasteiger partial charge in [-0.2, -0.15) is 0 Å². The van der Waals surface area contributed by atoms with E-state index in [1.165, 1.54) is 0 Å². The number of nitrogens with zero attached hydrogens (tertiary/aromatic N) is 1. The van der Waals surface area contributed by atoms with Crippen LogP contribution in [0.25, 0.3) is 0 Å². The van der Waals surface area contributed by atoms with E-state index in [9.17, 15) is 4.79 Å². The summed E-state index contributed by atoms with van der Waals surface area (Å²) < 4.78 is 0. The van der Waals surface area contributed by atoms with Crippen LogP contribution in [0.5, 0.6) is 0 Å². The Kier molecular flexibility index (Phi) is 5.80. The summed E-state index contributed by atoms with van der Waals surface area (Å²) >= 11 is 0. The van der Waals surface area contributed by atoms with Gasteiger partial charge in [0.1, 0.15) is 0 Å². The molecule has 1 aromatic rings. The van der Waals surface area contributed by atoms with E-state index in [2.05, 4.69) is 15.6 Å². The molecule has 0 bridgehead atoms. The quantitative estimate of drug-likeness (QED) is 0.763. The molecule has 20 heavy (non-hydrogen) atoms. The van der Waals surface area contributed by atoms with E-state index < -0.39 is 0 Å². The van der Waals surface area contributed by atoms with Crippen molar-refractivity contribution in [3.63, 3.8) is 0 Å². The molecule has 2 amide bonds. The molecule has 0 unspecified atom stereocenters. The number of hydrogen-bond donors (Lipinski definition) is 3. The molecule has 0 radical (unpaired) electrons. The van der Waals surface area contributed by atoms with Crippen LogP contribution in [0.2, 0.25) is 0 Å². The summed E-state index contributed by atoms with van der Waals surface area (Å²) in [7, 11) is 0. The van der Waals surface area contributed by atoms with Crippen LogP contribution in [0.4, 0.5) is 4.79 Å². The average molecular weight is 277 g/mol. The highest BCUT2D eigenvalue weighted by atomic mass is 16.3. The number of carbonyl (C=O) groups is 1. The van der Waals surface area contributed by atoms with Crippen molar-refractivity contribution in [1.82, 2.24) is 15.6 Å². The predicted octanol–water partition coefficient (Wildman–Crippen LogP) is 1.47. The molecule has 1 aliphatic carbocycles. The molecule has 2 rings (SSSR count). The Hall–Kier alpha value is -1.62. The number of nitrogens with one attached hydrogen (secondary N) is 2. The second-order valence-electron chi connectivity index (χ2n) is 5.41. The first kappa shape index (κ1) is 14.8. The van der Waals surface area contributed by atoms with Crippen molar-refractivity contribution in [3.8, 4) is 0 Å². The molecule has 1 aromatic heterocycles. The van der Waals surface area contributed by atoms with Crippen molar-refractivity contribution in [2.75, 3.05) is 13.2 Å². The lowest BCUT2D eigenvalue weighted by Crippen LogP contribution is -2.44.